The molecular weight excluding hydrogens is 306 g/mol. The van der Waals surface area contributed by atoms with Crippen LogP contribution in [0.5, 0.6) is 0 Å². The van der Waals surface area contributed by atoms with Crippen LogP contribution in [-0.2, 0) is 13.1 Å². The molecule has 2 aromatic carbocycles. The lowest BCUT2D eigenvalue weighted by atomic mass is 10.00. The molecule has 3 aromatic rings. The highest BCUT2D eigenvalue weighted by atomic mass is 35.5. The van der Waals surface area contributed by atoms with E-state index < -0.39 is 0 Å². The molecule has 0 unspecified atom stereocenters. The molecule has 0 spiro atoms. The molecule has 0 radical (unpaired) electrons. The Balaban J connectivity index is 2.02. The largest absolute Gasteiger partial charge is 0.343 e. The third kappa shape index (κ3) is 2.50. The molecule has 23 heavy (non-hydrogen) atoms. The molecule has 0 amide bonds. The number of aromatic nitrogens is 1. The lowest BCUT2D eigenvalue weighted by molar-refractivity contribution is 0.654. The smallest absolute Gasteiger partial charge is 0.0992 e. The minimum Gasteiger partial charge on any atom is -0.343 e. The number of halogens is 1. The van der Waals surface area contributed by atoms with Crippen LogP contribution in [0.4, 0.5) is 0 Å². The second kappa shape index (κ2) is 5.73. The van der Waals surface area contributed by atoms with E-state index in [-0.39, 0.29) is 0 Å². The van der Waals surface area contributed by atoms with Crippen molar-refractivity contribution in [2.45, 2.75) is 19.5 Å². The van der Waals surface area contributed by atoms with Crippen molar-refractivity contribution in [3.8, 4) is 17.2 Å². The minimum atomic E-state index is 0.691. The highest BCUT2D eigenvalue weighted by molar-refractivity contribution is 6.30. The maximum atomic E-state index is 9.37. The van der Waals surface area contributed by atoms with Crippen molar-refractivity contribution in [1.82, 2.24) is 9.88 Å². The molecule has 0 aliphatic carbocycles. The Hall–Kier alpha value is -2.28. The molecule has 4 heteroatoms. The van der Waals surface area contributed by atoms with Gasteiger partial charge in [0.05, 0.1) is 17.1 Å². The molecule has 0 saturated carbocycles. The Morgan fingerprint density at radius 2 is 1.96 bits per heavy atom. The number of rotatable bonds is 1. The van der Waals surface area contributed by atoms with Crippen molar-refractivity contribution in [3.63, 3.8) is 0 Å². The maximum absolute atomic E-state index is 9.37. The second-order valence-corrected chi connectivity index (χ2v) is 6.33. The highest BCUT2D eigenvalue weighted by Crippen LogP contribution is 2.34. The van der Waals surface area contributed by atoms with E-state index in [1.807, 2.05) is 36.4 Å². The van der Waals surface area contributed by atoms with E-state index in [0.717, 1.165) is 47.6 Å². The first-order valence-corrected chi connectivity index (χ1v) is 8.17. The first-order chi connectivity index (χ1) is 11.3. The number of aryl methyl sites for hydroxylation is 1. The molecule has 1 aliphatic rings. The average Bonchev–Trinajstić information content (AvgIpc) is 2.76. The summed E-state index contributed by atoms with van der Waals surface area (Å²) in [7, 11) is 0. The quantitative estimate of drug-likeness (QED) is 0.725. The predicted molar refractivity (Wildman–Crippen MR) is 93.4 cm³/mol. The Labute approximate surface area is 140 Å². The molecule has 114 valence electrons. The summed E-state index contributed by atoms with van der Waals surface area (Å²) in [4.78, 5) is 0. The summed E-state index contributed by atoms with van der Waals surface area (Å²) in [6, 6.07) is 16.3. The zero-order valence-electron chi connectivity index (χ0n) is 12.6. The van der Waals surface area contributed by atoms with Gasteiger partial charge in [-0.05, 0) is 48.9 Å². The van der Waals surface area contributed by atoms with Crippen molar-refractivity contribution in [2.75, 3.05) is 6.54 Å². The Morgan fingerprint density at radius 3 is 2.74 bits per heavy atom. The fourth-order valence-corrected chi connectivity index (χ4v) is 3.49. The van der Waals surface area contributed by atoms with E-state index in [9.17, 15) is 5.26 Å². The molecule has 0 saturated heterocycles. The van der Waals surface area contributed by atoms with Gasteiger partial charge in [-0.2, -0.15) is 5.26 Å². The maximum Gasteiger partial charge on any atom is 0.0992 e. The first-order valence-electron chi connectivity index (χ1n) is 7.79. The van der Waals surface area contributed by atoms with Crippen molar-refractivity contribution in [3.05, 3.63) is 58.7 Å². The summed E-state index contributed by atoms with van der Waals surface area (Å²) in [5.41, 5.74) is 5.38. The van der Waals surface area contributed by atoms with Crippen LogP contribution < -0.4 is 5.32 Å². The van der Waals surface area contributed by atoms with E-state index in [1.165, 1.54) is 11.2 Å². The van der Waals surface area contributed by atoms with Gasteiger partial charge in [0.25, 0.3) is 0 Å². The van der Waals surface area contributed by atoms with Gasteiger partial charge in [0, 0.05) is 34.8 Å². The molecule has 1 aromatic heterocycles. The van der Waals surface area contributed by atoms with Crippen LogP contribution in [0.2, 0.25) is 5.02 Å². The van der Waals surface area contributed by atoms with Gasteiger partial charge in [-0.25, -0.2) is 0 Å². The van der Waals surface area contributed by atoms with Gasteiger partial charge in [0.15, 0.2) is 0 Å². The topological polar surface area (TPSA) is 40.8 Å². The Bertz CT molecular complexity index is 916. The summed E-state index contributed by atoms with van der Waals surface area (Å²) in [6.45, 7) is 2.91. The number of hydrogen-bond donors (Lipinski definition) is 1. The van der Waals surface area contributed by atoms with Crippen molar-refractivity contribution >= 4 is 22.5 Å². The van der Waals surface area contributed by atoms with E-state index in [2.05, 4.69) is 22.0 Å². The fourth-order valence-electron chi connectivity index (χ4n) is 3.36. The minimum absolute atomic E-state index is 0.691. The second-order valence-electron chi connectivity index (χ2n) is 5.90. The van der Waals surface area contributed by atoms with E-state index in [4.69, 9.17) is 11.6 Å². The van der Waals surface area contributed by atoms with Gasteiger partial charge >= 0.3 is 0 Å². The SMILES string of the molecule is N#Cc1cc(-c2ccc(Cl)cc2)c2c(c1)cc1n2CCCNC1. The Morgan fingerprint density at radius 1 is 1.13 bits per heavy atom. The van der Waals surface area contributed by atoms with Crippen LogP contribution in [0.3, 0.4) is 0 Å². The highest BCUT2D eigenvalue weighted by Gasteiger charge is 2.16. The molecule has 0 bridgehead atoms. The number of nitriles is 1. The van der Waals surface area contributed by atoms with Gasteiger partial charge in [-0.1, -0.05) is 23.7 Å². The summed E-state index contributed by atoms with van der Waals surface area (Å²) in [5.74, 6) is 0. The van der Waals surface area contributed by atoms with Gasteiger partial charge in [0.1, 0.15) is 0 Å². The number of fused-ring (bicyclic) bond motifs is 3. The van der Waals surface area contributed by atoms with Gasteiger partial charge in [-0.15, -0.1) is 0 Å². The zero-order chi connectivity index (χ0) is 15.8. The number of hydrogen-bond acceptors (Lipinski definition) is 2. The van der Waals surface area contributed by atoms with Crippen LogP contribution in [-0.4, -0.2) is 11.1 Å². The van der Waals surface area contributed by atoms with Crippen molar-refractivity contribution in [2.24, 2.45) is 0 Å². The summed E-state index contributed by atoms with van der Waals surface area (Å²) < 4.78 is 2.39. The normalized spacial score (nSPS) is 14.3. The number of benzene rings is 2. The number of nitrogens with zero attached hydrogens (tertiary/aromatic N) is 2. The van der Waals surface area contributed by atoms with Gasteiger partial charge in [0.2, 0.25) is 0 Å². The molecular formula is C19H16ClN3. The third-order valence-corrected chi connectivity index (χ3v) is 4.66. The first kappa shape index (κ1) is 14.3. The van der Waals surface area contributed by atoms with Crippen molar-refractivity contribution < 1.29 is 0 Å². The molecule has 1 aliphatic heterocycles. The lowest BCUT2D eigenvalue weighted by Crippen LogP contribution is -2.11. The van der Waals surface area contributed by atoms with Crippen LogP contribution in [0.15, 0.2) is 42.5 Å². The van der Waals surface area contributed by atoms with Gasteiger partial charge in [-0.3, -0.25) is 0 Å². The summed E-state index contributed by atoms with van der Waals surface area (Å²) in [5, 5.41) is 14.7. The fraction of sp³-hybridized carbons (Fsp3) is 0.211. The summed E-state index contributed by atoms with van der Waals surface area (Å²) >= 11 is 6.03. The average molecular weight is 322 g/mol. The summed E-state index contributed by atoms with van der Waals surface area (Å²) in [6.07, 6.45) is 1.11. The van der Waals surface area contributed by atoms with E-state index in [0.29, 0.717) is 5.56 Å². The monoisotopic (exact) mass is 321 g/mol. The molecule has 0 fully saturated rings. The molecule has 4 rings (SSSR count). The molecule has 3 nitrogen and oxygen atoms in total. The van der Waals surface area contributed by atoms with Gasteiger partial charge < -0.3 is 9.88 Å². The number of nitrogens with one attached hydrogen (secondary N) is 1. The lowest BCUT2D eigenvalue weighted by Gasteiger charge is -2.11. The van der Waals surface area contributed by atoms with Crippen LogP contribution >= 0.6 is 11.6 Å². The predicted octanol–water partition coefficient (Wildman–Crippen LogP) is 4.33. The molecule has 1 N–H and O–H groups in total. The van der Waals surface area contributed by atoms with Crippen LogP contribution in [0.25, 0.3) is 22.0 Å². The molecule has 2 heterocycles. The molecule has 0 atom stereocenters. The van der Waals surface area contributed by atoms with E-state index in [1.54, 1.807) is 0 Å². The van der Waals surface area contributed by atoms with Crippen molar-refractivity contribution in [1.29, 1.82) is 5.26 Å². The van der Waals surface area contributed by atoms with Crippen LogP contribution in [0, 0.1) is 11.3 Å². The Kier molecular flexibility index (Phi) is 3.57. The zero-order valence-corrected chi connectivity index (χ0v) is 13.4. The third-order valence-electron chi connectivity index (χ3n) is 4.40. The van der Waals surface area contributed by atoms with E-state index >= 15 is 0 Å². The van der Waals surface area contributed by atoms with Crippen LogP contribution in [0.1, 0.15) is 17.7 Å². The standard InChI is InChI=1S/C19H16ClN3/c20-16-4-2-14(3-5-16)18-9-13(11-21)8-15-10-17-12-22-6-1-7-23(17)19(15)18/h2-5,8-10,22H,1,6-7,12H2.